The molecular formula is C13H19NO7. The van der Waals surface area contributed by atoms with Crippen LogP contribution in [0, 0.1) is 5.41 Å². The molecule has 0 N–H and O–H groups in total. The van der Waals surface area contributed by atoms with Gasteiger partial charge in [-0.1, -0.05) is 5.06 Å². The standard InChI is InChI=1S/C13H19NO7/c1-13(2,3)11(17)19-7-4-8-20-12(18)21-14-9(15)5-6-10(14)16/h4-8H2,1-3H3. The number of hydrogen-bond acceptors (Lipinski definition) is 7. The Kier molecular flexibility index (Phi) is 5.69. The van der Waals surface area contributed by atoms with Crippen molar-refractivity contribution in [2.45, 2.75) is 40.0 Å². The van der Waals surface area contributed by atoms with E-state index in [9.17, 15) is 19.2 Å². The minimum atomic E-state index is -1.14. The van der Waals surface area contributed by atoms with Gasteiger partial charge in [0.25, 0.3) is 11.8 Å². The first-order chi connectivity index (χ1) is 9.71. The van der Waals surface area contributed by atoms with E-state index in [4.69, 9.17) is 4.74 Å². The molecule has 118 valence electrons. The molecule has 0 atom stereocenters. The zero-order chi connectivity index (χ0) is 16.0. The molecule has 0 aromatic heterocycles. The van der Waals surface area contributed by atoms with Gasteiger partial charge in [0.2, 0.25) is 0 Å². The highest BCUT2D eigenvalue weighted by molar-refractivity contribution is 6.01. The van der Waals surface area contributed by atoms with Crippen molar-refractivity contribution in [3.05, 3.63) is 0 Å². The Balaban J connectivity index is 2.16. The van der Waals surface area contributed by atoms with E-state index in [2.05, 4.69) is 9.57 Å². The number of nitrogens with zero attached hydrogens (tertiary/aromatic N) is 1. The first kappa shape index (κ1) is 16.9. The number of hydroxylamine groups is 2. The number of carbonyl (C=O) groups is 4. The largest absolute Gasteiger partial charge is 0.533 e. The van der Waals surface area contributed by atoms with Crippen LogP contribution in [0.25, 0.3) is 0 Å². The molecule has 0 radical (unpaired) electrons. The molecule has 1 aliphatic rings. The van der Waals surface area contributed by atoms with Gasteiger partial charge < -0.3 is 9.47 Å². The van der Waals surface area contributed by atoms with Crippen molar-refractivity contribution in [1.82, 2.24) is 5.06 Å². The topological polar surface area (TPSA) is 99.2 Å². The van der Waals surface area contributed by atoms with Gasteiger partial charge in [0, 0.05) is 19.3 Å². The predicted molar refractivity (Wildman–Crippen MR) is 68.6 cm³/mol. The van der Waals surface area contributed by atoms with Crippen molar-refractivity contribution in [3.63, 3.8) is 0 Å². The molecular weight excluding hydrogens is 282 g/mol. The fourth-order valence-electron chi connectivity index (χ4n) is 1.35. The maximum atomic E-state index is 11.4. The first-order valence-corrected chi connectivity index (χ1v) is 6.59. The molecule has 21 heavy (non-hydrogen) atoms. The highest BCUT2D eigenvalue weighted by Gasteiger charge is 2.33. The summed E-state index contributed by atoms with van der Waals surface area (Å²) in [5, 5.41) is 0.405. The van der Waals surface area contributed by atoms with E-state index in [0.717, 1.165) is 0 Å². The van der Waals surface area contributed by atoms with Gasteiger partial charge in [-0.2, -0.15) is 0 Å². The molecule has 1 heterocycles. The first-order valence-electron chi connectivity index (χ1n) is 6.59. The lowest BCUT2D eigenvalue weighted by Gasteiger charge is -2.16. The fraction of sp³-hybridized carbons (Fsp3) is 0.692. The zero-order valence-corrected chi connectivity index (χ0v) is 12.3. The number of ether oxygens (including phenoxy) is 2. The molecule has 2 amide bonds. The van der Waals surface area contributed by atoms with Crippen LogP contribution in [-0.4, -0.2) is 42.2 Å². The highest BCUT2D eigenvalue weighted by atomic mass is 16.8. The summed E-state index contributed by atoms with van der Waals surface area (Å²) in [5.74, 6) is -1.49. The Morgan fingerprint density at radius 1 is 1.05 bits per heavy atom. The average molecular weight is 301 g/mol. The summed E-state index contributed by atoms with van der Waals surface area (Å²) >= 11 is 0. The lowest BCUT2D eigenvalue weighted by atomic mass is 9.97. The van der Waals surface area contributed by atoms with Gasteiger partial charge in [-0.05, 0) is 20.8 Å². The van der Waals surface area contributed by atoms with Crippen molar-refractivity contribution in [1.29, 1.82) is 0 Å². The van der Waals surface area contributed by atoms with E-state index in [0.29, 0.717) is 11.5 Å². The molecule has 0 bridgehead atoms. The minimum Gasteiger partial charge on any atom is -0.465 e. The molecule has 1 rings (SSSR count). The normalized spacial score (nSPS) is 15.1. The summed E-state index contributed by atoms with van der Waals surface area (Å²) in [6.45, 7) is 5.24. The SMILES string of the molecule is CC(C)(C)C(=O)OCCCOC(=O)ON1C(=O)CCC1=O. The van der Waals surface area contributed by atoms with E-state index in [-0.39, 0.29) is 32.0 Å². The van der Waals surface area contributed by atoms with E-state index in [1.807, 2.05) is 0 Å². The van der Waals surface area contributed by atoms with Crippen LogP contribution in [0.15, 0.2) is 0 Å². The average Bonchev–Trinajstić information content (AvgIpc) is 2.68. The van der Waals surface area contributed by atoms with Crippen LogP contribution in [0.5, 0.6) is 0 Å². The van der Waals surface area contributed by atoms with Crippen molar-refractivity contribution >= 4 is 23.9 Å². The molecule has 0 spiro atoms. The van der Waals surface area contributed by atoms with Crippen LogP contribution < -0.4 is 0 Å². The van der Waals surface area contributed by atoms with E-state index in [1.54, 1.807) is 20.8 Å². The Labute approximate surface area is 122 Å². The summed E-state index contributed by atoms with van der Waals surface area (Å²) in [7, 11) is 0. The van der Waals surface area contributed by atoms with E-state index in [1.165, 1.54) is 0 Å². The highest BCUT2D eigenvalue weighted by Crippen LogP contribution is 2.15. The number of hydrogen-bond donors (Lipinski definition) is 0. The third-order valence-electron chi connectivity index (χ3n) is 2.53. The lowest BCUT2D eigenvalue weighted by Crippen LogP contribution is -2.32. The molecule has 0 aromatic rings. The number of esters is 1. The quantitative estimate of drug-likeness (QED) is 0.427. The Bertz CT molecular complexity index is 422. The second-order valence-corrected chi connectivity index (χ2v) is 5.51. The smallest absolute Gasteiger partial charge is 0.465 e. The fourth-order valence-corrected chi connectivity index (χ4v) is 1.35. The van der Waals surface area contributed by atoms with Crippen molar-refractivity contribution in [3.8, 4) is 0 Å². The van der Waals surface area contributed by atoms with E-state index < -0.39 is 23.4 Å². The number of amides is 2. The number of carbonyl (C=O) groups excluding carboxylic acids is 4. The van der Waals surface area contributed by atoms with Crippen molar-refractivity contribution in [2.75, 3.05) is 13.2 Å². The van der Waals surface area contributed by atoms with Gasteiger partial charge in [-0.15, -0.1) is 0 Å². The summed E-state index contributed by atoms with van der Waals surface area (Å²) in [4.78, 5) is 49.5. The molecule has 8 heteroatoms. The van der Waals surface area contributed by atoms with Gasteiger partial charge in [-0.3, -0.25) is 19.2 Å². The maximum Gasteiger partial charge on any atom is 0.533 e. The Hall–Kier alpha value is -2.12. The summed E-state index contributed by atoms with van der Waals surface area (Å²) < 4.78 is 9.64. The van der Waals surface area contributed by atoms with Crippen LogP contribution in [0.3, 0.4) is 0 Å². The lowest BCUT2D eigenvalue weighted by molar-refractivity contribution is -0.177. The van der Waals surface area contributed by atoms with Crippen LogP contribution >= 0.6 is 0 Å². The second kappa shape index (κ2) is 7.05. The molecule has 1 aliphatic heterocycles. The molecule has 1 fully saturated rings. The van der Waals surface area contributed by atoms with Gasteiger partial charge in [0.15, 0.2) is 0 Å². The Morgan fingerprint density at radius 2 is 1.57 bits per heavy atom. The van der Waals surface area contributed by atoms with Gasteiger partial charge in [-0.25, -0.2) is 4.79 Å². The summed E-state index contributed by atoms with van der Waals surface area (Å²) in [5.41, 5.74) is -0.587. The molecule has 0 aliphatic carbocycles. The predicted octanol–water partition coefficient (Wildman–Crippen LogP) is 1.18. The van der Waals surface area contributed by atoms with E-state index >= 15 is 0 Å². The molecule has 0 saturated carbocycles. The van der Waals surface area contributed by atoms with Gasteiger partial charge in [0.1, 0.15) is 0 Å². The number of imide groups is 1. The van der Waals surface area contributed by atoms with Gasteiger partial charge in [0.05, 0.1) is 18.6 Å². The molecule has 0 aromatic carbocycles. The monoisotopic (exact) mass is 301 g/mol. The third kappa shape index (κ3) is 5.41. The minimum absolute atomic E-state index is 0.0227. The second-order valence-electron chi connectivity index (χ2n) is 5.51. The summed E-state index contributed by atoms with van der Waals surface area (Å²) in [6.07, 6.45) is -0.802. The molecule has 1 saturated heterocycles. The third-order valence-corrected chi connectivity index (χ3v) is 2.53. The van der Waals surface area contributed by atoms with Gasteiger partial charge >= 0.3 is 12.1 Å². The van der Waals surface area contributed by atoms with Crippen molar-refractivity contribution < 1.29 is 33.5 Å². The van der Waals surface area contributed by atoms with Crippen molar-refractivity contribution in [2.24, 2.45) is 5.41 Å². The molecule has 0 unspecified atom stereocenters. The summed E-state index contributed by atoms with van der Waals surface area (Å²) in [6, 6.07) is 0. The zero-order valence-electron chi connectivity index (χ0n) is 12.3. The number of rotatable bonds is 5. The molecule has 8 nitrogen and oxygen atoms in total. The Morgan fingerprint density at radius 3 is 2.10 bits per heavy atom. The van der Waals surface area contributed by atoms with Crippen LogP contribution in [0.2, 0.25) is 0 Å². The van der Waals surface area contributed by atoms with Crippen LogP contribution in [-0.2, 0) is 28.7 Å². The van der Waals surface area contributed by atoms with Crippen LogP contribution in [0.4, 0.5) is 4.79 Å². The maximum absolute atomic E-state index is 11.4. The van der Waals surface area contributed by atoms with Crippen LogP contribution in [0.1, 0.15) is 40.0 Å².